The molecule has 9 heteroatoms. The summed E-state index contributed by atoms with van der Waals surface area (Å²) in [5, 5.41) is 11.8. The highest BCUT2D eigenvalue weighted by Gasteiger charge is 2.41. The lowest BCUT2D eigenvalue weighted by Crippen LogP contribution is -2.57. The molecule has 1 saturated heterocycles. The molecule has 1 aliphatic rings. The molecular formula is C15H16F3NO4S. The van der Waals surface area contributed by atoms with Crippen LogP contribution >= 0.6 is 11.8 Å². The fourth-order valence-corrected chi connectivity index (χ4v) is 3.57. The van der Waals surface area contributed by atoms with E-state index >= 15 is 0 Å². The van der Waals surface area contributed by atoms with Crippen molar-refractivity contribution in [2.75, 3.05) is 18.1 Å². The molecule has 2 N–H and O–H groups in total. The predicted octanol–water partition coefficient (Wildman–Crippen LogP) is 2.55. The van der Waals surface area contributed by atoms with E-state index in [1.165, 1.54) is 12.1 Å². The third-order valence-corrected chi connectivity index (χ3v) is 4.67. The third kappa shape index (κ3) is 4.34. The maximum Gasteiger partial charge on any atom is 0.419 e. The number of halogens is 3. The first kappa shape index (κ1) is 18.4. The van der Waals surface area contributed by atoms with Crippen LogP contribution in [-0.4, -0.2) is 40.6 Å². The molecule has 5 nitrogen and oxygen atoms in total. The van der Waals surface area contributed by atoms with Crippen LogP contribution in [0.25, 0.3) is 0 Å². The SMILES string of the molecule is O=C(COc1ccccc1C(F)(F)F)NC1(C(=O)O)CCSCC1. The Bertz CT molecular complexity index is 615. The van der Waals surface area contributed by atoms with E-state index in [9.17, 15) is 27.9 Å². The van der Waals surface area contributed by atoms with Gasteiger partial charge in [-0.2, -0.15) is 24.9 Å². The van der Waals surface area contributed by atoms with Crippen LogP contribution in [0.2, 0.25) is 0 Å². The number of rotatable bonds is 5. The van der Waals surface area contributed by atoms with Gasteiger partial charge in [-0.3, -0.25) is 4.79 Å². The van der Waals surface area contributed by atoms with E-state index in [-0.39, 0.29) is 12.8 Å². The van der Waals surface area contributed by atoms with Gasteiger partial charge < -0.3 is 15.2 Å². The zero-order valence-corrected chi connectivity index (χ0v) is 13.4. The predicted molar refractivity (Wildman–Crippen MR) is 82.0 cm³/mol. The van der Waals surface area contributed by atoms with Gasteiger partial charge in [-0.1, -0.05) is 12.1 Å². The number of thioether (sulfide) groups is 1. The van der Waals surface area contributed by atoms with Crippen LogP contribution in [0.4, 0.5) is 13.2 Å². The topological polar surface area (TPSA) is 75.6 Å². The second-order valence-electron chi connectivity index (χ2n) is 5.33. The van der Waals surface area contributed by atoms with Crippen LogP contribution in [0, 0.1) is 0 Å². The lowest BCUT2D eigenvalue weighted by Gasteiger charge is -2.33. The van der Waals surface area contributed by atoms with Gasteiger partial charge in [0.1, 0.15) is 11.3 Å². The number of carboxylic acids is 1. The maximum absolute atomic E-state index is 12.9. The number of para-hydroxylation sites is 1. The summed E-state index contributed by atoms with van der Waals surface area (Å²) in [5.41, 5.74) is -2.37. The Morgan fingerprint density at radius 3 is 2.46 bits per heavy atom. The number of carboxylic acid groups (broad SMARTS) is 1. The van der Waals surface area contributed by atoms with Crippen LogP contribution in [0.5, 0.6) is 5.75 Å². The zero-order chi connectivity index (χ0) is 17.8. The summed E-state index contributed by atoms with van der Waals surface area (Å²) in [6, 6.07) is 4.54. The Balaban J connectivity index is 2.02. The average molecular weight is 363 g/mol. The van der Waals surface area contributed by atoms with Gasteiger partial charge >= 0.3 is 12.1 Å². The molecule has 1 fully saturated rings. The van der Waals surface area contributed by atoms with Crippen LogP contribution in [0.1, 0.15) is 18.4 Å². The van der Waals surface area contributed by atoms with Gasteiger partial charge in [-0.05, 0) is 36.5 Å². The van der Waals surface area contributed by atoms with E-state index in [0.717, 1.165) is 12.1 Å². The number of ether oxygens (including phenoxy) is 1. The van der Waals surface area contributed by atoms with Crippen LogP contribution in [0.15, 0.2) is 24.3 Å². The molecule has 1 amide bonds. The van der Waals surface area contributed by atoms with Gasteiger partial charge in [0, 0.05) is 0 Å². The van der Waals surface area contributed by atoms with E-state index in [4.69, 9.17) is 4.74 Å². The molecule has 0 bridgehead atoms. The van der Waals surface area contributed by atoms with E-state index in [1.807, 2.05) is 0 Å². The summed E-state index contributed by atoms with van der Waals surface area (Å²) in [4.78, 5) is 23.4. The van der Waals surface area contributed by atoms with E-state index in [2.05, 4.69) is 5.32 Å². The Morgan fingerprint density at radius 2 is 1.88 bits per heavy atom. The maximum atomic E-state index is 12.9. The number of aliphatic carboxylic acids is 1. The highest BCUT2D eigenvalue weighted by molar-refractivity contribution is 7.99. The third-order valence-electron chi connectivity index (χ3n) is 3.69. The molecule has 24 heavy (non-hydrogen) atoms. The van der Waals surface area contributed by atoms with Gasteiger partial charge in [-0.25, -0.2) is 4.79 Å². The van der Waals surface area contributed by atoms with Crippen LogP contribution in [-0.2, 0) is 15.8 Å². The molecule has 0 spiro atoms. The summed E-state index contributed by atoms with van der Waals surface area (Å²) >= 11 is 1.59. The molecule has 0 radical (unpaired) electrons. The molecule has 0 saturated carbocycles. The lowest BCUT2D eigenvalue weighted by molar-refractivity contribution is -0.148. The minimum absolute atomic E-state index is 0.262. The minimum Gasteiger partial charge on any atom is -0.483 e. The highest BCUT2D eigenvalue weighted by atomic mass is 32.2. The van der Waals surface area contributed by atoms with Gasteiger partial charge in [-0.15, -0.1) is 0 Å². The normalized spacial score (nSPS) is 17.1. The number of carbonyl (C=O) groups is 2. The van der Waals surface area contributed by atoms with Gasteiger partial charge in [0.25, 0.3) is 5.91 Å². The molecule has 1 aromatic carbocycles. The summed E-state index contributed by atoms with van der Waals surface area (Å²) in [6.07, 6.45) is -4.08. The fraction of sp³-hybridized carbons (Fsp3) is 0.467. The summed E-state index contributed by atoms with van der Waals surface area (Å²) < 4.78 is 43.5. The second-order valence-corrected chi connectivity index (χ2v) is 6.56. The molecule has 1 aliphatic heterocycles. The molecule has 0 unspecified atom stereocenters. The largest absolute Gasteiger partial charge is 0.483 e. The summed E-state index contributed by atoms with van der Waals surface area (Å²) in [6.45, 7) is -0.685. The Morgan fingerprint density at radius 1 is 1.25 bits per heavy atom. The average Bonchev–Trinajstić information content (AvgIpc) is 2.53. The number of nitrogens with one attached hydrogen (secondary N) is 1. The molecule has 0 atom stereocenters. The van der Waals surface area contributed by atoms with Gasteiger partial charge in [0.15, 0.2) is 6.61 Å². The Hall–Kier alpha value is -1.90. The van der Waals surface area contributed by atoms with Crippen molar-refractivity contribution in [2.24, 2.45) is 0 Å². The second kappa shape index (κ2) is 7.33. The fourth-order valence-electron chi connectivity index (χ4n) is 2.39. The molecule has 132 valence electrons. The monoisotopic (exact) mass is 363 g/mol. The number of amides is 1. The molecule has 0 aliphatic carbocycles. The summed E-state index contributed by atoms with van der Waals surface area (Å²) in [5.74, 6) is -1.20. The van der Waals surface area contributed by atoms with Crippen molar-refractivity contribution in [3.8, 4) is 5.75 Å². The van der Waals surface area contributed by atoms with Crippen molar-refractivity contribution in [2.45, 2.75) is 24.6 Å². The van der Waals surface area contributed by atoms with Crippen molar-refractivity contribution >= 4 is 23.6 Å². The van der Waals surface area contributed by atoms with E-state index in [0.29, 0.717) is 11.5 Å². The van der Waals surface area contributed by atoms with Crippen LogP contribution in [0.3, 0.4) is 0 Å². The van der Waals surface area contributed by atoms with Crippen molar-refractivity contribution in [1.29, 1.82) is 0 Å². The first-order valence-electron chi connectivity index (χ1n) is 7.16. The molecule has 1 aromatic rings. The van der Waals surface area contributed by atoms with Crippen LogP contribution < -0.4 is 10.1 Å². The summed E-state index contributed by atoms with van der Waals surface area (Å²) in [7, 11) is 0. The Kier molecular flexibility index (Phi) is 5.63. The molecule has 0 aromatic heterocycles. The highest BCUT2D eigenvalue weighted by Crippen LogP contribution is 2.35. The number of hydrogen-bond donors (Lipinski definition) is 2. The number of benzene rings is 1. The standard InChI is InChI=1S/C15H16F3NO4S/c16-15(17,18)10-3-1-2-4-11(10)23-9-12(20)19-14(13(21)22)5-7-24-8-6-14/h1-4H,5-9H2,(H,19,20)(H,21,22). The van der Waals surface area contributed by atoms with E-state index < -0.39 is 41.5 Å². The van der Waals surface area contributed by atoms with E-state index in [1.54, 1.807) is 11.8 Å². The quantitative estimate of drug-likeness (QED) is 0.841. The number of alkyl halides is 3. The Labute approximate surface area is 140 Å². The molecule has 2 rings (SSSR count). The molecular weight excluding hydrogens is 347 g/mol. The minimum atomic E-state index is -4.60. The van der Waals surface area contributed by atoms with Crippen molar-refractivity contribution in [3.63, 3.8) is 0 Å². The van der Waals surface area contributed by atoms with Gasteiger partial charge in [0.05, 0.1) is 5.56 Å². The van der Waals surface area contributed by atoms with Crippen molar-refractivity contribution < 1.29 is 32.6 Å². The molecule has 1 heterocycles. The number of hydrogen-bond acceptors (Lipinski definition) is 4. The smallest absolute Gasteiger partial charge is 0.419 e. The number of carbonyl (C=O) groups excluding carboxylic acids is 1. The zero-order valence-electron chi connectivity index (χ0n) is 12.6. The van der Waals surface area contributed by atoms with Gasteiger partial charge in [0.2, 0.25) is 0 Å². The van der Waals surface area contributed by atoms with Crippen molar-refractivity contribution in [1.82, 2.24) is 5.32 Å². The van der Waals surface area contributed by atoms with Crippen molar-refractivity contribution in [3.05, 3.63) is 29.8 Å². The first-order valence-corrected chi connectivity index (χ1v) is 8.31. The first-order chi connectivity index (χ1) is 11.2. The lowest BCUT2D eigenvalue weighted by atomic mass is 9.92.